The first kappa shape index (κ1) is 19.6. The molecule has 0 bridgehead atoms. The van der Waals surface area contributed by atoms with E-state index in [1.807, 2.05) is 36.4 Å². The molecule has 0 aliphatic carbocycles. The lowest BCUT2D eigenvalue weighted by molar-refractivity contribution is -0.137. The van der Waals surface area contributed by atoms with Gasteiger partial charge in [-0.25, -0.2) is 4.79 Å². The Bertz CT molecular complexity index is 764. The molecule has 2 aromatic rings. The molecule has 0 saturated carbocycles. The molecule has 0 aliphatic rings. The Morgan fingerprint density at radius 3 is 2.50 bits per heavy atom. The molecule has 2 aromatic carbocycles. The standard InChI is InChI=1S/C22H26O4/c1-4-19-20-12-11-18(16-17(20)10-13-21(19)24-3)25-14-8-6-7-9-15-26-22(23)5-2/h4-5,10-13,16H,1-2,6-9,14-15H2,3H3. The van der Waals surface area contributed by atoms with E-state index in [4.69, 9.17) is 14.2 Å². The maximum Gasteiger partial charge on any atom is 0.330 e. The van der Waals surface area contributed by atoms with Crippen LogP contribution < -0.4 is 9.47 Å². The first-order chi connectivity index (χ1) is 12.7. The highest BCUT2D eigenvalue weighted by molar-refractivity contribution is 5.93. The summed E-state index contributed by atoms with van der Waals surface area (Å²) in [5.74, 6) is 1.32. The molecule has 0 aromatic heterocycles. The van der Waals surface area contributed by atoms with Crippen LogP contribution in [0.25, 0.3) is 16.8 Å². The summed E-state index contributed by atoms with van der Waals surface area (Å²) in [6.07, 6.45) is 6.88. The summed E-state index contributed by atoms with van der Waals surface area (Å²) in [4.78, 5) is 10.9. The molecule has 138 valence electrons. The smallest absolute Gasteiger partial charge is 0.330 e. The third-order valence-electron chi connectivity index (χ3n) is 4.14. The van der Waals surface area contributed by atoms with Crippen molar-refractivity contribution >= 4 is 22.8 Å². The Morgan fingerprint density at radius 1 is 1.04 bits per heavy atom. The minimum absolute atomic E-state index is 0.359. The van der Waals surface area contributed by atoms with E-state index < -0.39 is 0 Å². The Kier molecular flexibility index (Phi) is 7.75. The zero-order chi connectivity index (χ0) is 18.8. The van der Waals surface area contributed by atoms with Gasteiger partial charge in [0.1, 0.15) is 11.5 Å². The van der Waals surface area contributed by atoms with Crippen molar-refractivity contribution in [3.8, 4) is 11.5 Å². The number of hydrogen-bond donors (Lipinski definition) is 0. The molecule has 0 unspecified atom stereocenters. The second-order valence-electron chi connectivity index (χ2n) is 5.90. The van der Waals surface area contributed by atoms with Crippen LogP contribution in [0.4, 0.5) is 0 Å². The van der Waals surface area contributed by atoms with Crippen molar-refractivity contribution in [1.29, 1.82) is 0 Å². The van der Waals surface area contributed by atoms with Crippen LogP contribution in [0, 0.1) is 0 Å². The summed E-state index contributed by atoms with van der Waals surface area (Å²) in [6, 6.07) is 10.0. The Morgan fingerprint density at radius 2 is 1.81 bits per heavy atom. The van der Waals surface area contributed by atoms with Crippen LogP contribution in [0.2, 0.25) is 0 Å². The van der Waals surface area contributed by atoms with E-state index in [1.165, 1.54) is 6.08 Å². The normalized spacial score (nSPS) is 10.3. The number of carbonyl (C=O) groups excluding carboxylic acids is 1. The first-order valence-electron chi connectivity index (χ1n) is 8.84. The van der Waals surface area contributed by atoms with Gasteiger partial charge in [0.05, 0.1) is 20.3 Å². The zero-order valence-electron chi connectivity index (χ0n) is 15.3. The van der Waals surface area contributed by atoms with Gasteiger partial charge < -0.3 is 14.2 Å². The van der Waals surface area contributed by atoms with E-state index in [0.29, 0.717) is 13.2 Å². The van der Waals surface area contributed by atoms with E-state index >= 15 is 0 Å². The maximum atomic E-state index is 10.9. The van der Waals surface area contributed by atoms with E-state index in [9.17, 15) is 4.79 Å². The summed E-state index contributed by atoms with van der Waals surface area (Å²) >= 11 is 0. The van der Waals surface area contributed by atoms with E-state index in [0.717, 1.165) is 53.5 Å². The molecule has 0 N–H and O–H groups in total. The number of fused-ring (bicyclic) bond motifs is 1. The van der Waals surface area contributed by atoms with Crippen LogP contribution in [0.15, 0.2) is 49.6 Å². The molecular weight excluding hydrogens is 328 g/mol. The highest BCUT2D eigenvalue weighted by atomic mass is 16.5. The van der Waals surface area contributed by atoms with Crippen LogP contribution >= 0.6 is 0 Å². The Labute approximate surface area is 155 Å². The number of unbranched alkanes of at least 4 members (excludes halogenated alkanes) is 3. The lowest BCUT2D eigenvalue weighted by Gasteiger charge is -2.11. The van der Waals surface area contributed by atoms with Gasteiger partial charge in [-0.2, -0.15) is 0 Å². The molecular formula is C22H26O4. The molecule has 0 aliphatic heterocycles. The fourth-order valence-corrected chi connectivity index (χ4v) is 2.77. The van der Waals surface area contributed by atoms with Gasteiger partial charge in [-0.3, -0.25) is 0 Å². The van der Waals surface area contributed by atoms with Crippen molar-refractivity contribution in [2.24, 2.45) is 0 Å². The number of carbonyl (C=O) groups is 1. The summed E-state index contributed by atoms with van der Waals surface area (Å²) in [6.45, 7) is 8.36. The first-order valence-corrected chi connectivity index (χ1v) is 8.84. The molecule has 0 atom stereocenters. The zero-order valence-corrected chi connectivity index (χ0v) is 15.3. The van der Waals surface area contributed by atoms with Gasteiger partial charge in [0.25, 0.3) is 0 Å². The lowest BCUT2D eigenvalue weighted by Crippen LogP contribution is -2.02. The number of ether oxygens (including phenoxy) is 3. The van der Waals surface area contributed by atoms with Crippen LogP contribution in [0.3, 0.4) is 0 Å². The second kappa shape index (κ2) is 10.3. The predicted octanol–water partition coefficient (Wildman–Crippen LogP) is 5.16. The molecule has 0 radical (unpaired) electrons. The molecule has 4 nitrogen and oxygen atoms in total. The average molecular weight is 354 g/mol. The van der Waals surface area contributed by atoms with Crippen molar-refractivity contribution in [2.75, 3.05) is 20.3 Å². The summed E-state index contributed by atoms with van der Waals surface area (Å²) in [7, 11) is 1.66. The van der Waals surface area contributed by atoms with Crippen molar-refractivity contribution < 1.29 is 19.0 Å². The minimum atomic E-state index is -0.359. The number of rotatable bonds is 11. The highest BCUT2D eigenvalue weighted by Crippen LogP contribution is 2.31. The third-order valence-corrected chi connectivity index (χ3v) is 4.14. The van der Waals surface area contributed by atoms with Crippen molar-refractivity contribution in [2.45, 2.75) is 25.7 Å². The largest absolute Gasteiger partial charge is 0.496 e. The second-order valence-corrected chi connectivity index (χ2v) is 5.90. The molecule has 0 heterocycles. The molecule has 0 saturated heterocycles. The number of benzene rings is 2. The third kappa shape index (κ3) is 5.38. The SMILES string of the molecule is C=CC(=O)OCCCCCCOc1ccc2c(C=C)c(OC)ccc2c1. The van der Waals surface area contributed by atoms with Crippen molar-refractivity contribution in [3.05, 3.63) is 55.1 Å². The Hall–Kier alpha value is -2.75. The lowest BCUT2D eigenvalue weighted by atomic mass is 10.0. The number of esters is 1. The molecule has 4 heteroatoms. The van der Waals surface area contributed by atoms with Gasteiger partial charge in [-0.1, -0.05) is 25.3 Å². The van der Waals surface area contributed by atoms with E-state index in [2.05, 4.69) is 13.2 Å². The van der Waals surface area contributed by atoms with Crippen molar-refractivity contribution in [1.82, 2.24) is 0 Å². The number of hydrogen-bond acceptors (Lipinski definition) is 4. The monoisotopic (exact) mass is 354 g/mol. The van der Waals surface area contributed by atoms with Gasteiger partial charge in [0.15, 0.2) is 0 Å². The summed E-state index contributed by atoms with van der Waals surface area (Å²) in [5.41, 5.74) is 0.994. The van der Waals surface area contributed by atoms with E-state index in [1.54, 1.807) is 7.11 Å². The molecule has 26 heavy (non-hydrogen) atoms. The summed E-state index contributed by atoms with van der Waals surface area (Å²) < 4.78 is 16.2. The van der Waals surface area contributed by atoms with E-state index in [-0.39, 0.29) is 5.97 Å². The minimum Gasteiger partial charge on any atom is -0.496 e. The molecule has 2 rings (SSSR count). The van der Waals surface area contributed by atoms with Crippen LogP contribution in [0.5, 0.6) is 11.5 Å². The topological polar surface area (TPSA) is 44.8 Å². The highest BCUT2D eigenvalue weighted by Gasteiger charge is 2.06. The van der Waals surface area contributed by atoms with Gasteiger partial charge in [-0.05, 0) is 60.7 Å². The van der Waals surface area contributed by atoms with Crippen molar-refractivity contribution in [3.63, 3.8) is 0 Å². The quantitative estimate of drug-likeness (QED) is 0.318. The predicted molar refractivity (Wildman–Crippen MR) is 106 cm³/mol. The average Bonchev–Trinajstić information content (AvgIpc) is 2.68. The fourth-order valence-electron chi connectivity index (χ4n) is 2.77. The van der Waals surface area contributed by atoms with Gasteiger partial charge in [-0.15, -0.1) is 0 Å². The molecule has 0 fully saturated rings. The van der Waals surface area contributed by atoms with Crippen LogP contribution in [0.1, 0.15) is 31.2 Å². The van der Waals surface area contributed by atoms with Crippen LogP contribution in [-0.2, 0) is 9.53 Å². The summed E-state index contributed by atoms with van der Waals surface area (Å²) in [5, 5.41) is 2.20. The van der Waals surface area contributed by atoms with Crippen LogP contribution in [-0.4, -0.2) is 26.3 Å². The van der Waals surface area contributed by atoms with Gasteiger partial charge in [0, 0.05) is 11.6 Å². The van der Waals surface area contributed by atoms with Gasteiger partial charge >= 0.3 is 5.97 Å². The molecule has 0 amide bonds. The van der Waals surface area contributed by atoms with Gasteiger partial charge in [0.2, 0.25) is 0 Å². The fraction of sp³-hybridized carbons (Fsp3) is 0.318. The Balaban J connectivity index is 1.78. The maximum absolute atomic E-state index is 10.9. The number of methoxy groups -OCH3 is 1. The molecule has 0 spiro atoms.